The van der Waals surface area contributed by atoms with Crippen LogP contribution in [-0.2, 0) is 0 Å². The molecule has 0 saturated heterocycles. The van der Waals surface area contributed by atoms with E-state index in [2.05, 4.69) is 9.97 Å². The lowest BCUT2D eigenvalue weighted by atomic mass is 10.1. The molecule has 19 heavy (non-hydrogen) atoms. The number of aryl methyl sites for hydroxylation is 2. The van der Waals surface area contributed by atoms with E-state index >= 15 is 0 Å². The summed E-state index contributed by atoms with van der Waals surface area (Å²) in [5.74, 6) is 0.485. The molecule has 1 aromatic carbocycles. The molecule has 96 valence electrons. The van der Waals surface area contributed by atoms with Gasteiger partial charge in [0.15, 0.2) is 6.10 Å². The van der Waals surface area contributed by atoms with E-state index in [9.17, 15) is 5.11 Å². The highest BCUT2D eigenvalue weighted by molar-refractivity contribution is 5.78. The summed E-state index contributed by atoms with van der Waals surface area (Å²) in [6.07, 6.45) is 2.31. The van der Waals surface area contributed by atoms with Gasteiger partial charge in [-0.3, -0.25) is 9.97 Å². The first-order valence-electron chi connectivity index (χ1n) is 6.10. The second-order valence-corrected chi connectivity index (χ2v) is 4.68. The van der Waals surface area contributed by atoms with E-state index in [1.54, 1.807) is 12.4 Å². The maximum Gasteiger partial charge on any atom is 0.155 e. The molecule has 3 aromatic rings. The molecule has 1 unspecified atom stereocenters. The molecule has 0 radical (unpaired) electrons. The summed E-state index contributed by atoms with van der Waals surface area (Å²) in [7, 11) is 0. The van der Waals surface area contributed by atoms with Gasteiger partial charge in [0.2, 0.25) is 0 Å². The number of hydrogen-bond acceptors (Lipinski definition) is 4. The van der Waals surface area contributed by atoms with Crippen LogP contribution in [0, 0.1) is 13.8 Å². The standard InChI is InChI=1S/C15H14N2O2/c1-9-3-4-13-11(5-9)6-14(19-13)15(18)12-8-16-10(2)7-17-12/h3-8,15,18H,1-2H3. The van der Waals surface area contributed by atoms with Crippen LogP contribution in [0.2, 0.25) is 0 Å². The number of rotatable bonds is 2. The molecule has 0 fully saturated rings. The van der Waals surface area contributed by atoms with Crippen molar-refractivity contribution in [1.82, 2.24) is 9.97 Å². The maximum atomic E-state index is 10.3. The SMILES string of the molecule is Cc1ccc2oc(C(O)c3cnc(C)cn3)cc2c1. The Hall–Kier alpha value is -2.20. The van der Waals surface area contributed by atoms with Crippen molar-refractivity contribution in [3.63, 3.8) is 0 Å². The smallest absolute Gasteiger partial charge is 0.155 e. The first-order chi connectivity index (χ1) is 9.13. The molecule has 2 aromatic heterocycles. The molecule has 0 bridgehead atoms. The first kappa shape index (κ1) is 11.9. The molecule has 0 aliphatic carbocycles. The number of hydrogen-bond donors (Lipinski definition) is 1. The molecule has 0 aliphatic heterocycles. The monoisotopic (exact) mass is 254 g/mol. The number of benzene rings is 1. The highest BCUT2D eigenvalue weighted by Gasteiger charge is 2.17. The van der Waals surface area contributed by atoms with Crippen LogP contribution >= 0.6 is 0 Å². The van der Waals surface area contributed by atoms with Crippen LogP contribution in [0.15, 0.2) is 41.1 Å². The number of furan rings is 1. The summed E-state index contributed by atoms with van der Waals surface area (Å²) in [6, 6.07) is 7.75. The van der Waals surface area contributed by atoms with E-state index in [1.165, 1.54) is 0 Å². The second-order valence-electron chi connectivity index (χ2n) is 4.68. The van der Waals surface area contributed by atoms with E-state index in [4.69, 9.17) is 4.42 Å². The van der Waals surface area contributed by atoms with E-state index in [0.717, 1.165) is 22.2 Å². The van der Waals surface area contributed by atoms with Crippen LogP contribution in [0.5, 0.6) is 0 Å². The second kappa shape index (κ2) is 4.48. The third kappa shape index (κ3) is 2.22. The zero-order valence-electron chi connectivity index (χ0n) is 10.8. The molecule has 4 nitrogen and oxygen atoms in total. The van der Waals surface area contributed by atoms with Crippen molar-refractivity contribution >= 4 is 11.0 Å². The van der Waals surface area contributed by atoms with E-state index in [0.29, 0.717) is 11.5 Å². The fourth-order valence-corrected chi connectivity index (χ4v) is 2.01. The average molecular weight is 254 g/mol. The average Bonchev–Trinajstić information content (AvgIpc) is 2.81. The van der Waals surface area contributed by atoms with Crippen molar-refractivity contribution < 1.29 is 9.52 Å². The molecule has 0 saturated carbocycles. The van der Waals surface area contributed by atoms with Gasteiger partial charge in [0.25, 0.3) is 0 Å². The maximum absolute atomic E-state index is 10.3. The van der Waals surface area contributed by atoms with Gasteiger partial charge in [0.05, 0.1) is 17.6 Å². The molecule has 1 atom stereocenters. The van der Waals surface area contributed by atoms with Crippen LogP contribution < -0.4 is 0 Å². The number of aliphatic hydroxyl groups is 1. The summed E-state index contributed by atoms with van der Waals surface area (Å²) in [5, 5.41) is 11.2. The van der Waals surface area contributed by atoms with Gasteiger partial charge in [0, 0.05) is 11.6 Å². The van der Waals surface area contributed by atoms with E-state index in [-0.39, 0.29) is 0 Å². The number of aliphatic hydroxyl groups excluding tert-OH is 1. The Morgan fingerprint density at radius 3 is 2.68 bits per heavy atom. The van der Waals surface area contributed by atoms with Crippen LogP contribution in [0.3, 0.4) is 0 Å². The predicted molar refractivity (Wildman–Crippen MR) is 71.8 cm³/mol. The largest absolute Gasteiger partial charge is 0.458 e. The van der Waals surface area contributed by atoms with Gasteiger partial charge in [0.1, 0.15) is 11.3 Å². The van der Waals surface area contributed by atoms with Crippen LogP contribution in [0.1, 0.15) is 28.8 Å². The summed E-state index contributed by atoms with van der Waals surface area (Å²) >= 11 is 0. The Balaban J connectivity index is 2.01. The minimum atomic E-state index is -0.888. The van der Waals surface area contributed by atoms with Crippen molar-refractivity contribution in [2.75, 3.05) is 0 Å². The van der Waals surface area contributed by atoms with Crippen LogP contribution in [0.4, 0.5) is 0 Å². The number of fused-ring (bicyclic) bond motifs is 1. The Labute approximate surface area is 110 Å². The van der Waals surface area contributed by atoms with Crippen molar-refractivity contribution in [3.05, 3.63) is 59.4 Å². The van der Waals surface area contributed by atoms with Crippen LogP contribution in [-0.4, -0.2) is 15.1 Å². The molecule has 3 rings (SSSR count). The van der Waals surface area contributed by atoms with Gasteiger partial charge >= 0.3 is 0 Å². The Morgan fingerprint density at radius 2 is 1.95 bits per heavy atom. The summed E-state index contributed by atoms with van der Waals surface area (Å²) in [6.45, 7) is 3.88. The van der Waals surface area contributed by atoms with Gasteiger partial charge in [-0.15, -0.1) is 0 Å². The van der Waals surface area contributed by atoms with Crippen molar-refractivity contribution in [2.45, 2.75) is 20.0 Å². The zero-order chi connectivity index (χ0) is 13.4. The fourth-order valence-electron chi connectivity index (χ4n) is 2.01. The van der Waals surface area contributed by atoms with Gasteiger partial charge in [-0.25, -0.2) is 0 Å². The lowest BCUT2D eigenvalue weighted by Gasteiger charge is -2.06. The summed E-state index contributed by atoms with van der Waals surface area (Å²) in [4.78, 5) is 8.30. The lowest BCUT2D eigenvalue weighted by molar-refractivity contribution is 0.187. The minimum absolute atomic E-state index is 0.485. The highest BCUT2D eigenvalue weighted by atomic mass is 16.4. The molecule has 4 heteroatoms. The normalized spacial score (nSPS) is 12.8. The third-order valence-electron chi connectivity index (χ3n) is 3.04. The van der Waals surface area contributed by atoms with E-state index < -0.39 is 6.10 Å². The Kier molecular flexibility index (Phi) is 2.80. The Bertz CT molecular complexity index is 717. The molecular formula is C15H14N2O2. The van der Waals surface area contributed by atoms with Gasteiger partial charge in [-0.05, 0) is 32.0 Å². The fraction of sp³-hybridized carbons (Fsp3) is 0.200. The Morgan fingerprint density at radius 1 is 1.11 bits per heavy atom. The first-order valence-corrected chi connectivity index (χ1v) is 6.10. The lowest BCUT2D eigenvalue weighted by Crippen LogP contribution is -2.02. The van der Waals surface area contributed by atoms with Crippen molar-refractivity contribution in [3.8, 4) is 0 Å². The molecule has 1 N–H and O–H groups in total. The molecule has 2 heterocycles. The van der Waals surface area contributed by atoms with E-state index in [1.807, 2.05) is 38.1 Å². The number of aromatic nitrogens is 2. The van der Waals surface area contributed by atoms with Gasteiger partial charge in [-0.1, -0.05) is 11.6 Å². The molecule has 0 amide bonds. The predicted octanol–water partition coefficient (Wildman–Crippen LogP) is 2.92. The third-order valence-corrected chi connectivity index (χ3v) is 3.04. The zero-order valence-corrected chi connectivity index (χ0v) is 10.8. The minimum Gasteiger partial charge on any atom is -0.458 e. The molecule has 0 aliphatic rings. The molecule has 0 spiro atoms. The van der Waals surface area contributed by atoms with Crippen molar-refractivity contribution in [1.29, 1.82) is 0 Å². The topological polar surface area (TPSA) is 59.2 Å². The van der Waals surface area contributed by atoms with Crippen molar-refractivity contribution in [2.24, 2.45) is 0 Å². The highest BCUT2D eigenvalue weighted by Crippen LogP contribution is 2.27. The quantitative estimate of drug-likeness (QED) is 0.763. The van der Waals surface area contributed by atoms with Crippen LogP contribution in [0.25, 0.3) is 11.0 Å². The number of nitrogens with zero attached hydrogens (tertiary/aromatic N) is 2. The molecular weight excluding hydrogens is 240 g/mol. The van der Waals surface area contributed by atoms with Gasteiger partial charge in [-0.2, -0.15) is 0 Å². The summed E-state index contributed by atoms with van der Waals surface area (Å²) in [5.41, 5.74) is 3.22. The van der Waals surface area contributed by atoms with Gasteiger partial charge < -0.3 is 9.52 Å². The summed E-state index contributed by atoms with van der Waals surface area (Å²) < 4.78 is 5.65.